The van der Waals surface area contributed by atoms with Crippen molar-refractivity contribution in [1.29, 1.82) is 0 Å². The molecule has 0 fully saturated rings. The van der Waals surface area contributed by atoms with Gasteiger partial charge in [0.2, 0.25) is 0 Å². The highest BCUT2D eigenvalue weighted by Crippen LogP contribution is 2.07. The molecule has 0 bridgehead atoms. The van der Waals surface area contributed by atoms with Gasteiger partial charge in [-0.15, -0.1) is 12.6 Å². The minimum Gasteiger partial charge on any atom is -0.396 e. The summed E-state index contributed by atoms with van der Waals surface area (Å²) in [6, 6.07) is 7.12. The third-order valence-corrected chi connectivity index (χ3v) is 3.48. The summed E-state index contributed by atoms with van der Waals surface area (Å²) in [6.07, 6.45) is 0.808. The van der Waals surface area contributed by atoms with Crippen LogP contribution < -0.4 is 5.32 Å². The number of hydrogen-bond donors (Lipinski definition) is 3. The lowest BCUT2D eigenvalue weighted by Gasteiger charge is -2.05. The molecule has 3 nitrogen and oxygen atoms in total. The molecule has 0 saturated carbocycles. The highest BCUT2D eigenvalue weighted by molar-refractivity contribution is 7.99. The molecular weight excluding hydrogens is 254 g/mol. The number of thioether (sulfide) groups is 1. The first-order valence-corrected chi connectivity index (χ1v) is 7.10. The van der Waals surface area contributed by atoms with Crippen LogP contribution in [0.3, 0.4) is 0 Å². The smallest absolute Gasteiger partial charge is 0.251 e. The fraction of sp³-hybridized carbons (Fsp3) is 0.417. The molecule has 0 radical (unpaired) electrons. The molecule has 0 heterocycles. The van der Waals surface area contributed by atoms with Crippen LogP contribution in [0.1, 0.15) is 16.8 Å². The molecule has 0 aliphatic carbocycles. The van der Waals surface area contributed by atoms with Crippen LogP contribution in [0, 0.1) is 0 Å². The standard InChI is InChI=1S/C12H17NO2S2/c14-7-1-8-17-9-6-13-12(15)10-2-4-11(16)5-3-10/h2-5,14,16H,1,6-9H2,(H,13,15). The van der Waals surface area contributed by atoms with E-state index in [0.717, 1.165) is 22.8 Å². The Morgan fingerprint density at radius 2 is 2.00 bits per heavy atom. The van der Waals surface area contributed by atoms with Gasteiger partial charge < -0.3 is 10.4 Å². The lowest BCUT2D eigenvalue weighted by atomic mass is 10.2. The van der Waals surface area contributed by atoms with Gasteiger partial charge in [0.25, 0.3) is 5.91 Å². The van der Waals surface area contributed by atoms with E-state index in [2.05, 4.69) is 17.9 Å². The predicted octanol–water partition coefficient (Wildman–Crippen LogP) is 1.82. The highest BCUT2D eigenvalue weighted by atomic mass is 32.2. The molecule has 1 amide bonds. The number of carbonyl (C=O) groups is 1. The van der Waals surface area contributed by atoms with Gasteiger partial charge in [-0.1, -0.05) is 0 Å². The maximum atomic E-state index is 11.7. The quantitative estimate of drug-likeness (QED) is 0.524. The largest absolute Gasteiger partial charge is 0.396 e. The molecule has 1 rings (SSSR count). The molecule has 0 saturated heterocycles. The summed E-state index contributed by atoms with van der Waals surface area (Å²) in [5.41, 5.74) is 0.656. The van der Waals surface area contributed by atoms with Gasteiger partial charge in [0.1, 0.15) is 0 Å². The zero-order valence-corrected chi connectivity index (χ0v) is 11.3. The maximum Gasteiger partial charge on any atom is 0.251 e. The summed E-state index contributed by atoms with van der Waals surface area (Å²) in [5, 5.41) is 11.4. The lowest BCUT2D eigenvalue weighted by molar-refractivity contribution is 0.0956. The molecule has 0 spiro atoms. The van der Waals surface area contributed by atoms with Crippen molar-refractivity contribution in [3.63, 3.8) is 0 Å². The summed E-state index contributed by atoms with van der Waals surface area (Å²) >= 11 is 5.89. The average Bonchev–Trinajstić information content (AvgIpc) is 2.34. The van der Waals surface area contributed by atoms with Crippen LogP contribution >= 0.6 is 24.4 Å². The maximum absolute atomic E-state index is 11.7. The second-order valence-corrected chi connectivity index (χ2v) is 5.23. The molecule has 94 valence electrons. The Morgan fingerprint density at radius 1 is 1.29 bits per heavy atom. The Kier molecular flexibility index (Phi) is 7.16. The molecule has 0 aliphatic heterocycles. The predicted molar refractivity (Wildman–Crippen MR) is 75.1 cm³/mol. The summed E-state index contributed by atoms with van der Waals surface area (Å²) < 4.78 is 0. The number of benzene rings is 1. The van der Waals surface area contributed by atoms with Crippen molar-refractivity contribution in [3.05, 3.63) is 29.8 Å². The molecule has 0 atom stereocenters. The lowest BCUT2D eigenvalue weighted by Crippen LogP contribution is -2.25. The number of amides is 1. The minimum absolute atomic E-state index is 0.0545. The first-order chi connectivity index (χ1) is 8.24. The third kappa shape index (κ3) is 6.00. The van der Waals surface area contributed by atoms with Gasteiger partial charge in [-0.3, -0.25) is 4.79 Å². The van der Waals surface area contributed by atoms with Crippen LogP contribution in [0.15, 0.2) is 29.2 Å². The van der Waals surface area contributed by atoms with Crippen molar-refractivity contribution in [2.75, 3.05) is 24.7 Å². The fourth-order valence-corrected chi connectivity index (χ4v) is 2.15. The van der Waals surface area contributed by atoms with E-state index in [9.17, 15) is 4.79 Å². The molecule has 2 N–H and O–H groups in total. The van der Waals surface area contributed by atoms with Crippen molar-refractivity contribution in [2.24, 2.45) is 0 Å². The molecule has 0 aliphatic rings. The first kappa shape index (κ1) is 14.4. The van der Waals surface area contributed by atoms with Crippen LogP contribution in [0.4, 0.5) is 0 Å². The number of nitrogens with one attached hydrogen (secondary N) is 1. The van der Waals surface area contributed by atoms with E-state index in [1.165, 1.54) is 0 Å². The van der Waals surface area contributed by atoms with Crippen molar-refractivity contribution < 1.29 is 9.90 Å². The number of rotatable bonds is 7. The Bertz CT molecular complexity index is 341. The number of carbonyl (C=O) groups excluding carboxylic acids is 1. The van der Waals surface area contributed by atoms with Crippen molar-refractivity contribution in [1.82, 2.24) is 5.32 Å². The van der Waals surface area contributed by atoms with Crippen molar-refractivity contribution in [2.45, 2.75) is 11.3 Å². The van der Waals surface area contributed by atoms with Crippen LogP contribution in [0.25, 0.3) is 0 Å². The average molecular weight is 271 g/mol. The second-order valence-electron chi connectivity index (χ2n) is 3.49. The zero-order chi connectivity index (χ0) is 12.5. The number of hydrogen-bond acceptors (Lipinski definition) is 4. The van der Waals surface area contributed by atoms with Gasteiger partial charge in [-0.2, -0.15) is 11.8 Å². The van der Waals surface area contributed by atoms with Gasteiger partial charge in [-0.05, 0) is 36.4 Å². The van der Waals surface area contributed by atoms with Crippen LogP contribution in [-0.4, -0.2) is 35.7 Å². The number of aliphatic hydroxyl groups excluding tert-OH is 1. The van der Waals surface area contributed by atoms with Gasteiger partial charge in [0, 0.05) is 29.4 Å². The second kappa shape index (κ2) is 8.44. The van der Waals surface area contributed by atoms with Crippen molar-refractivity contribution >= 4 is 30.3 Å². The number of aliphatic hydroxyl groups is 1. The van der Waals surface area contributed by atoms with Crippen LogP contribution in [0.2, 0.25) is 0 Å². The van der Waals surface area contributed by atoms with E-state index < -0.39 is 0 Å². The van der Waals surface area contributed by atoms with E-state index in [-0.39, 0.29) is 12.5 Å². The Balaban J connectivity index is 2.19. The van der Waals surface area contributed by atoms with Crippen LogP contribution in [0.5, 0.6) is 0 Å². The van der Waals surface area contributed by atoms with Gasteiger partial charge >= 0.3 is 0 Å². The SMILES string of the molecule is O=C(NCCSCCCO)c1ccc(S)cc1. The van der Waals surface area contributed by atoms with Gasteiger partial charge in [0.15, 0.2) is 0 Å². The summed E-state index contributed by atoms with van der Waals surface area (Å²) in [4.78, 5) is 12.5. The van der Waals surface area contributed by atoms with Crippen LogP contribution in [-0.2, 0) is 0 Å². The van der Waals surface area contributed by atoms with E-state index in [1.54, 1.807) is 36.0 Å². The van der Waals surface area contributed by atoms with E-state index in [0.29, 0.717) is 12.1 Å². The Labute approximate surface area is 111 Å². The van der Waals surface area contributed by atoms with E-state index >= 15 is 0 Å². The Hall–Kier alpha value is -0.650. The third-order valence-electron chi connectivity index (χ3n) is 2.11. The molecule has 0 aromatic heterocycles. The molecule has 17 heavy (non-hydrogen) atoms. The molecular formula is C12H17NO2S2. The molecule has 1 aromatic carbocycles. The monoisotopic (exact) mass is 271 g/mol. The van der Waals surface area contributed by atoms with E-state index in [1.807, 2.05) is 0 Å². The van der Waals surface area contributed by atoms with Crippen molar-refractivity contribution in [3.8, 4) is 0 Å². The molecule has 0 unspecified atom stereocenters. The molecule has 5 heteroatoms. The molecule has 1 aromatic rings. The first-order valence-electron chi connectivity index (χ1n) is 5.50. The minimum atomic E-state index is -0.0545. The normalized spacial score (nSPS) is 10.2. The topological polar surface area (TPSA) is 49.3 Å². The summed E-state index contributed by atoms with van der Waals surface area (Å²) in [6.45, 7) is 0.882. The van der Waals surface area contributed by atoms with Gasteiger partial charge in [0.05, 0.1) is 0 Å². The number of thiol groups is 1. The van der Waals surface area contributed by atoms with Gasteiger partial charge in [-0.25, -0.2) is 0 Å². The fourth-order valence-electron chi connectivity index (χ4n) is 1.22. The highest BCUT2D eigenvalue weighted by Gasteiger charge is 2.03. The Morgan fingerprint density at radius 3 is 2.65 bits per heavy atom. The summed E-state index contributed by atoms with van der Waals surface area (Å²) in [5.74, 6) is 1.75. The zero-order valence-electron chi connectivity index (χ0n) is 9.56. The summed E-state index contributed by atoms with van der Waals surface area (Å²) in [7, 11) is 0. The van der Waals surface area contributed by atoms with E-state index in [4.69, 9.17) is 5.11 Å².